The van der Waals surface area contributed by atoms with E-state index in [0.29, 0.717) is 5.82 Å². The minimum atomic E-state index is -0.0660. The van der Waals surface area contributed by atoms with Gasteiger partial charge in [-0.2, -0.15) is 12.6 Å². The quantitative estimate of drug-likeness (QED) is 0.305. The molecule has 0 saturated carbocycles. The lowest BCUT2D eigenvalue weighted by molar-refractivity contribution is 0.278. The van der Waals surface area contributed by atoms with Crippen molar-refractivity contribution in [3.05, 3.63) is 11.9 Å². The number of nitrogens with two attached hydrogens (primary N) is 1. The monoisotopic (exact) mass is 164 g/mol. The van der Waals surface area contributed by atoms with Crippen molar-refractivity contribution < 1.29 is 0 Å². The smallest absolute Gasteiger partial charge is 0.111 e. The molecule has 1 atom stereocenters. The van der Waals surface area contributed by atoms with Crippen LogP contribution in [0.1, 0.15) is 0 Å². The molecular weight excluding hydrogens is 156 g/mol. The summed E-state index contributed by atoms with van der Waals surface area (Å²) in [5, 5.41) is -0.0660. The highest BCUT2D eigenvalue weighted by molar-refractivity contribution is 7.81. The normalized spacial score (nSPS) is 29.1. The molecule has 6 heteroatoms. The fraction of sp³-hybridized carbons (Fsp3) is 0.333. The molecule has 0 spiro atoms. The number of hydrogen-bond donors (Lipinski definition) is 5. The van der Waals surface area contributed by atoms with Crippen LogP contribution in [0.3, 0.4) is 0 Å². The van der Waals surface area contributed by atoms with Gasteiger partial charge in [0.15, 0.2) is 0 Å². The van der Waals surface area contributed by atoms with E-state index in [-0.39, 0.29) is 5.37 Å². The predicted molar refractivity (Wildman–Crippen MR) is 42.1 cm³/mol. The molecule has 0 aromatic rings. The topological polar surface area (TPSA) is 53.3 Å². The molecule has 0 radical (unpaired) electrons. The van der Waals surface area contributed by atoms with Crippen LogP contribution < -0.4 is 16.6 Å². The molecular formula is C3H8N4S2. The number of hydrogen-bond acceptors (Lipinski definition) is 6. The standard InChI is InChI=1S/C3H8N4S2/c4-2-1-3(8)6-7(9)5-2/h1,3,5-6,8-9H,4H2. The Morgan fingerprint density at radius 2 is 2.44 bits per heavy atom. The Labute approximate surface area is 64.4 Å². The zero-order chi connectivity index (χ0) is 6.85. The second-order valence-corrected chi connectivity index (χ2v) is 2.58. The molecule has 1 unspecified atom stereocenters. The molecule has 0 aromatic heterocycles. The van der Waals surface area contributed by atoms with Crippen molar-refractivity contribution in [2.45, 2.75) is 5.37 Å². The number of hydrazine groups is 2. The van der Waals surface area contributed by atoms with E-state index in [4.69, 9.17) is 5.73 Å². The highest BCUT2D eigenvalue weighted by Gasteiger charge is 2.09. The van der Waals surface area contributed by atoms with Crippen molar-refractivity contribution in [3.63, 3.8) is 0 Å². The molecule has 1 heterocycles. The molecule has 0 saturated heterocycles. The van der Waals surface area contributed by atoms with Crippen LogP contribution in [-0.4, -0.2) is 9.90 Å². The van der Waals surface area contributed by atoms with Crippen LogP contribution in [0.2, 0.25) is 0 Å². The van der Waals surface area contributed by atoms with Crippen LogP contribution in [0, 0.1) is 0 Å². The first kappa shape index (κ1) is 7.07. The van der Waals surface area contributed by atoms with Crippen LogP contribution >= 0.6 is 25.4 Å². The van der Waals surface area contributed by atoms with Gasteiger partial charge in [-0.15, -0.1) is 0 Å². The summed E-state index contributed by atoms with van der Waals surface area (Å²) in [5.74, 6) is 0.545. The average molecular weight is 164 g/mol. The Hall–Kier alpha value is -0.0400. The number of rotatable bonds is 0. The third kappa shape index (κ3) is 1.98. The second kappa shape index (κ2) is 2.70. The Morgan fingerprint density at radius 3 is 2.89 bits per heavy atom. The minimum Gasteiger partial charge on any atom is -0.385 e. The predicted octanol–water partition coefficient (Wildman–Crippen LogP) is -0.788. The maximum absolute atomic E-state index is 5.39. The van der Waals surface area contributed by atoms with Crippen LogP contribution in [0.25, 0.3) is 0 Å². The van der Waals surface area contributed by atoms with E-state index in [1.165, 1.54) is 4.52 Å². The molecule has 52 valence electrons. The SMILES string of the molecule is NC1=CC(S)NN(S)N1. The van der Waals surface area contributed by atoms with E-state index >= 15 is 0 Å². The fourth-order valence-electron chi connectivity index (χ4n) is 0.524. The summed E-state index contributed by atoms with van der Waals surface area (Å²) < 4.78 is 1.35. The van der Waals surface area contributed by atoms with Gasteiger partial charge in [-0.25, -0.2) is 5.43 Å². The molecule has 0 fully saturated rings. The van der Waals surface area contributed by atoms with E-state index in [1.54, 1.807) is 6.08 Å². The van der Waals surface area contributed by atoms with Crippen molar-refractivity contribution >= 4 is 25.4 Å². The van der Waals surface area contributed by atoms with Crippen molar-refractivity contribution in [1.29, 1.82) is 0 Å². The van der Waals surface area contributed by atoms with Crippen molar-refractivity contribution in [2.24, 2.45) is 5.73 Å². The summed E-state index contributed by atoms with van der Waals surface area (Å²) in [5.41, 5.74) is 10.9. The third-order valence-corrected chi connectivity index (χ3v) is 1.31. The average Bonchev–Trinajstić information content (AvgIpc) is 1.59. The Bertz CT molecular complexity index is 136. The lowest BCUT2D eigenvalue weighted by atomic mass is 10.5. The Morgan fingerprint density at radius 1 is 1.78 bits per heavy atom. The zero-order valence-corrected chi connectivity index (χ0v) is 6.36. The first-order chi connectivity index (χ1) is 4.18. The van der Waals surface area contributed by atoms with Gasteiger partial charge in [0.2, 0.25) is 0 Å². The van der Waals surface area contributed by atoms with Gasteiger partial charge in [0.25, 0.3) is 0 Å². The molecule has 0 amide bonds. The molecule has 0 aliphatic carbocycles. The molecule has 9 heavy (non-hydrogen) atoms. The largest absolute Gasteiger partial charge is 0.385 e. The highest BCUT2D eigenvalue weighted by Crippen LogP contribution is 2.01. The molecule has 4 nitrogen and oxygen atoms in total. The van der Waals surface area contributed by atoms with Crippen LogP contribution in [0.15, 0.2) is 11.9 Å². The van der Waals surface area contributed by atoms with E-state index in [2.05, 4.69) is 36.3 Å². The van der Waals surface area contributed by atoms with Crippen molar-refractivity contribution in [2.75, 3.05) is 0 Å². The minimum absolute atomic E-state index is 0.0660. The van der Waals surface area contributed by atoms with Gasteiger partial charge in [0.05, 0.1) is 5.37 Å². The van der Waals surface area contributed by atoms with E-state index in [9.17, 15) is 0 Å². The lowest BCUT2D eigenvalue weighted by Gasteiger charge is -2.26. The summed E-state index contributed by atoms with van der Waals surface area (Å²) >= 11 is 8.00. The molecule has 0 aromatic carbocycles. The second-order valence-electron chi connectivity index (χ2n) is 1.62. The number of thiol groups is 2. The van der Waals surface area contributed by atoms with Gasteiger partial charge in [-0.3, -0.25) is 5.43 Å². The van der Waals surface area contributed by atoms with Gasteiger partial charge in [-0.1, -0.05) is 17.3 Å². The van der Waals surface area contributed by atoms with Gasteiger partial charge < -0.3 is 5.73 Å². The van der Waals surface area contributed by atoms with Gasteiger partial charge in [-0.05, 0) is 6.08 Å². The summed E-state index contributed by atoms with van der Waals surface area (Å²) in [6, 6.07) is 0. The Balaban J connectivity index is 2.56. The fourth-order valence-corrected chi connectivity index (χ4v) is 1.13. The van der Waals surface area contributed by atoms with Crippen LogP contribution in [0.4, 0.5) is 0 Å². The highest BCUT2D eigenvalue weighted by atomic mass is 32.1. The molecule has 1 aliphatic rings. The third-order valence-electron chi connectivity index (χ3n) is 0.827. The molecule has 4 N–H and O–H groups in total. The molecule has 0 bridgehead atoms. The summed E-state index contributed by atoms with van der Waals surface area (Å²) in [6.07, 6.45) is 1.73. The number of nitrogens with one attached hydrogen (secondary N) is 2. The summed E-state index contributed by atoms with van der Waals surface area (Å²) in [4.78, 5) is 0. The number of nitrogens with zero attached hydrogens (tertiary/aromatic N) is 1. The lowest BCUT2D eigenvalue weighted by Crippen LogP contribution is -2.49. The van der Waals surface area contributed by atoms with E-state index in [0.717, 1.165) is 0 Å². The summed E-state index contributed by atoms with van der Waals surface area (Å²) in [7, 11) is 0. The summed E-state index contributed by atoms with van der Waals surface area (Å²) in [6.45, 7) is 0. The maximum Gasteiger partial charge on any atom is 0.111 e. The van der Waals surface area contributed by atoms with E-state index in [1.807, 2.05) is 0 Å². The first-order valence-corrected chi connectivity index (χ1v) is 3.27. The first-order valence-electron chi connectivity index (χ1n) is 2.35. The molecule has 1 rings (SSSR count). The van der Waals surface area contributed by atoms with Crippen LogP contribution in [-0.2, 0) is 0 Å². The van der Waals surface area contributed by atoms with Crippen molar-refractivity contribution in [3.8, 4) is 0 Å². The van der Waals surface area contributed by atoms with Gasteiger partial charge in [0, 0.05) is 0 Å². The van der Waals surface area contributed by atoms with Gasteiger partial charge >= 0.3 is 0 Å². The molecule has 1 aliphatic heterocycles. The van der Waals surface area contributed by atoms with E-state index < -0.39 is 0 Å². The zero-order valence-electron chi connectivity index (χ0n) is 4.57. The van der Waals surface area contributed by atoms with Crippen molar-refractivity contribution in [1.82, 2.24) is 15.4 Å². The van der Waals surface area contributed by atoms with Crippen LogP contribution in [0.5, 0.6) is 0 Å². The maximum atomic E-state index is 5.39. The Kier molecular flexibility index (Phi) is 2.12. The van der Waals surface area contributed by atoms with Gasteiger partial charge in [0.1, 0.15) is 5.82 Å².